The quantitative estimate of drug-likeness (QED) is 0.458. The Labute approximate surface area is 181 Å². The van der Waals surface area contributed by atoms with E-state index in [9.17, 15) is 4.79 Å². The first-order chi connectivity index (χ1) is 13.7. The average Bonchev–Trinajstić information content (AvgIpc) is 3.02. The molecule has 4 rings (SSSR count). The Kier molecular flexibility index (Phi) is 6.02. The predicted molar refractivity (Wildman–Crippen MR) is 123 cm³/mol. The van der Waals surface area contributed by atoms with Crippen LogP contribution in [0.15, 0.2) is 0 Å². The second kappa shape index (κ2) is 7.98. The highest BCUT2D eigenvalue weighted by molar-refractivity contribution is 5.82. The standard InChI is InChI=1S/C28H48O/c1-18(2)8-7-9-19(3)22-12-13-24-21-10-11-23-20(4)26(29)15-17-28(23,6)25(21)14-16-27(22,24)5/h18-25H,7-17H2,1-6H3/t19-,20+,21+,22-,23+,24+,25+,27-,28+/m1/s1. The minimum absolute atomic E-state index is 0.320. The molecule has 0 radical (unpaired) electrons. The van der Waals surface area contributed by atoms with E-state index in [1.165, 1.54) is 64.2 Å². The van der Waals surface area contributed by atoms with E-state index in [2.05, 4.69) is 41.5 Å². The molecule has 0 aromatic carbocycles. The maximum Gasteiger partial charge on any atom is 0.136 e. The van der Waals surface area contributed by atoms with Gasteiger partial charge in [0.25, 0.3) is 0 Å². The van der Waals surface area contributed by atoms with Crippen molar-refractivity contribution in [1.82, 2.24) is 0 Å². The smallest absolute Gasteiger partial charge is 0.136 e. The number of hydrogen-bond acceptors (Lipinski definition) is 1. The van der Waals surface area contributed by atoms with E-state index in [1.54, 1.807) is 0 Å². The van der Waals surface area contributed by atoms with Crippen LogP contribution >= 0.6 is 0 Å². The Bertz CT molecular complexity index is 607. The van der Waals surface area contributed by atoms with Crippen molar-refractivity contribution in [1.29, 1.82) is 0 Å². The fourth-order valence-corrected chi connectivity index (χ4v) is 9.55. The summed E-state index contributed by atoms with van der Waals surface area (Å²) in [6, 6.07) is 0. The van der Waals surface area contributed by atoms with E-state index < -0.39 is 0 Å². The number of ketones is 1. The molecule has 0 bridgehead atoms. The zero-order valence-electron chi connectivity index (χ0n) is 20.3. The van der Waals surface area contributed by atoms with Crippen molar-refractivity contribution >= 4 is 5.78 Å². The molecule has 1 nitrogen and oxygen atoms in total. The number of carbonyl (C=O) groups is 1. The molecule has 0 amide bonds. The molecular formula is C28H48O. The van der Waals surface area contributed by atoms with E-state index in [1.807, 2.05) is 0 Å². The van der Waals surface area contributed by atoms with Crippen molar-refractivity contribution in [2.45, 2.75) is 112 Å². The Hall–Kier alpha value is -0.330. The lowest BCUT2D eigenvalue weighted by Crippen LogP contribution is -2.55. The topological polar surface area (TPSA) is 17.1 Å². The Morgan fingerprint density at radius 3 is 2.28 bits per heavy atom. The van der Waals surface area contributed by atoms with E-state index in [4.69, 9.17) is 0 Å². The monoisotopic (exact) mass is 400 g/mol. The van der Waals surface area contributed by atoms with Crippen molar-refractivity contribution in [3.63, 3.8) is 0 Å². The summed E-state index contributed by atoms with van der Waals surface area (Å²) < 4.78 is 0. The van der Waals surface area contributed by atoms with Crippen LogP contribution in [0.1, 0.15) is 112 Å². The van der Waals surface area contributed by atoms with Gasteiger partial charge in [0.2, 0.25) is 0 Å². The van der Waals surface area contributed by atoms with Crippen LogP contribution in [0.3, 0.4) is 0 Å². The summed E-state index contributed by atoms with van der Waals surface area (Å²) in [4.78, 5) is 12.4. The summed E-state index contributed by atoms with van der Waals surface area (Å²) in [7, 11) is 0. The summed E-state index contributed by atoms with van der Waals surface area (Å²) >= 11 is 0. The number of fused-ring (bicyclic) bond motifs is 5. The van der Waals surface area contributed by atoms with E-state index >= 15 is 0 Å². The van der Waals surface area contributed by atoms with Crippen molar-refractivity contribution in [3.8, 4) is 0 Å². The van der Waals surface area contributed by atoms with Crippen LogP contribution in [0.4, 0.5) is 0 Å². The van der Waals surface area contributed by atoms with Crippen LogP contribution in [0, 0.1) is 58.2 Å². The van der Waals surface area contributed by atoms with Gasteiger partial charge in [-0.1, -0.05) is 60.8 Å². The lowest BCUT2D eigenvalue weighted by atomic mass is 9.43. The van der Waals surface area contributed by atoms with Gasteiger partial charge >= 0.3 is 0 Å². The summed E-state index contributed by atoms with van der Waals surface area (Å²) in [5.74, 6) is 7.06. The molecule has 166 valence electrons. The van der Waals surface area contributed by atoms with Crippen LogP contribution < -0.4 is 0 Å². The molecule has 0 aliphatic heterocycles. The van der Waals surface area contributed by atoms with Gasteiger partial charge in [-0.3, -0.25) is 4.79 Å². The predicted octanol–water partition coefficient (Wildman–Crippen LogP) is 7.92. The Morgan fingerprint density at radius 1 is 0.862 bits per heavy atom. The molecule has 0 unspecified atom stereocenters. The molecule has 0 saturated heterocycles. The van der Waals surface area contributed by atoms with Crippen molar-refractivity contribution in [3.05, 3.63) is 0 Å². The van der Waals surface area contributed by atoms with Gasteiger partial charge < -0.3 is 0 Å². The third-order valence-corrected chi connectivity index (χ3v) is 11.2. The fraction of sp³-hybridized carbons (Fsp3) is 0.964. The molecule has 29 heavy (non-hydrogen) atoms. The highest BCUT2D eigenvalue weighted by Crippen LogP contribution is 2.68. The third-order valence-electron chi connectivity index (χ3n) is 11.2. The van der Waals surface area contributed by atoms with E-state index in [0.29, 0.717) is 28.4 Å². The van der Waals surface area contributed by atoms with Crippen LogP contribution in [0.2, 0.25) is 0 Å². The maximum absolute atomic E-state index is 12.4. The van der Waals surface area contributed by atoms with Crippen LogP contribution in [0.25, 0.3) is 0 Å². The summed E-state index contributed by atoms with van der Waals surface area (Å²) in [6.45, 7) is 14.9. The highest BCUT2D eigenvalue weighted by Gasteiger charge is 2.61. The summed E-state index contributed by atoms with van der Waals surface area (Å²) in [5.41, 5.74) is 1.04. The average molecular weight is 401 g/mol. The largest absolute Gasteiger partial charge is 0.299 e. The molecule has 4 aliphatic rings. The first kappa shape index (κ1) is 21.9. The van der Waals surface area contributed by atoms with E-state index in [0.717, 1.165) is 41.9 Å². The second-order valence-electron chi connectivity index (χ2n) is 12.9. The zero-order valence-corrected chi connectivity index (χ0v) is 20.3. The van der Waals surface area contributed by atoms with Crippen molar-refractivity contribution in [2.24, 2.45) is 58.2 Å². The van der Waals surface area contributed by atoms with Gasteiger partial charge in [-0.05, 0) is 97.2 Å². The highest BCUT2D eigenvalue weighted by atomic mass is 16.1. The van der Waals surface area contributed by atoms with Crippen LogP contribution in [-0.4, -0.2) is 5.78 Å². The molecule has 9 atom stereocenters. The minimum Gasteiger partial charge on any atom is -0.299 e. The molecule has 0 N–H and O–H groups in total. The summed E-state index contributed by atoms with van der Waals surface area (Å²) in [6.07, 6.45) is 14.9. The first-order valence-corrected chi connectivity index (χ1v) is 13.2. The van der Waals surface area contributed by atoms with Crippen LogP contribution in [-0.2, 0) is 4.79 Å². The van der Waals surface area contributed by atoms with Gasteiger partial charge in [-0.25, -0.2) is 0 Å². The molecular weight excluding hydrogens is 352 g/mol. The molecule has 4 fully saturated rings. The van der Waals surface area contributed by atoms with Gasteiger partial charge in [-0.2, -0.15) is 0 Å². The van der Waals surface area contributed by atoms with Crippen molar-refractivity contribution in [2.75, 3.05) is 0 Å². The molecule has 0 heterocycles. The number of carbonyl (C=O) groups excluding carboxylic acids is 1. The molecule has 4 saturated carbocycles. The lowest BCUT2D eigenvalue weighted by Gasteiger charge is -2.61. The van der Waals surface area contributed by atoms with Crippen molar-refractivity contribution < 1.29 is 4.79 Å². The maximum atomic E-state index is 12.4. The molecule has 4 aliphatic carbocycles. The van der Waals surface area contributed by atoms with Gasteiger partial charge in [0.15, 0.2) is 0 Å². The molecule has 0 aromatic rings. The normalized spacial score (nSPS) is 48.2. The first-order valence-electron chi connectivity index (χ1n) is 13.2. The number of Topliss-reactive ketones (excluding diaryl/α,β-unsaturated/α-hetero) is 1. The SMILES string of the molecule is CC(C)CCC[C@@H](C)[C@H]1CC[C@H]2[C@@H]3CC[C@H]4[C@H](C)C(=O)CC[C@]4(C)[C@H]3CC[C@]12C. The Morgan fingerprint density at radius 2 is 1.55 bits per heavy atom. The van der Waals surface area contributed by atoms with Gasteiger partial charge in [-0.15, -0.1) is 0 Å². The molecule has 0 spiro atoms. The molecule has 1 heteroatoms. The number of hydrogen-bond donors (Lipinski definition) is 0. The summed E-state index contributed by atoms with van der Waals surface area (Å²) in [5, 5.41) is 0. The van der Waals surface area contributed by atoms with Gasteiger partial charge in [0.1, 0.15) is 5.78 Å². The minimum atomic E-state index is 0.320. The van der Waals surface area contributed by atoms with Gasteiger partial charge in [0, 0.05) is 12.3 Å². The third kappa shape index (κ3) is 3.55. The molecule has 0 aromatic heterocycles. The number of rotatable bonds is 5. The van der Waals surface area contributed by atoms with Crippen LogP contribution in [0.5, 0.6) is 0 Å². The second-order valence-corrected chi connectivity index (χ2v) is 12.9. The van der Waals surface area contributed by atoms with E-state index in [-0.39, 0.29) is 0 Å². The zero-order chi connectivity index (χ0) is 21.0. The lowest BCUT2D eigenvalue weighted by molar-refractivity contribution is -0.150. The Balaban J connectivity index is 1.48. The fourth-order valence-electron chi connectivity index (χ4n) is 9.55. The van der Waals surface area contributed by atoms with Gasteiger partial charge in [0.05, 0.1) is 0 Å².